The predicted octanol–water partition coefficient (Wildman–Crippen LogP) is 1.50. The van der Waals surface area contributed by atoms with Gasteiger partial charge in [-0.25, -0.2) is 9.78 Å². The number of benzene rings is 2. The van der Waals surface area contributed by atoms with E-state index in [1.807, 2.05) is 30.6 Å². The molecule has 0 saturated heterocycles. The molecular formula is C19H24N6O. The van der Waals surface area contributed by atoms with Crippen LogP contribution in [0.25, 0.3) is 16.7 Å². The summed E-state index contributed by atoms with van der Waals surface area (Å²) < 4.78 is 2.06. The molecule has 0 spiro atoms. The van der Waals surface area contributed by atoms with E-state index in [0.717, 1.165) is 35.4 Å². The third-order valence-corrected chi connectivity index (χ3v) is 4.16. The van der Waals surface area contributed by atoms with Gasteiger partial charge in [-0.1, -0.05) is 18.2 Å². The summed E-state index contributed by atoms with van der Waals surface area (Å²) >= 11 is 0. The zero-order chi connectivity index (χ0) is 18.4. The molecule has 5 N–H and O–H groups in total. The van der Waals surface area contributed by atoms with Crippen molar-refractivity contribution in [2.45, 2.75) is 13.1 Å². The number of carbonyl (C=O) groups excluding carboxylic acids is 1. The van der Waals surface area contributed by atoms with Crippen LogP contribution in [0.3, 0.4) is 0 Å². The number of hydrogen-bond acceptors (Lipinski definition) is 4. The van der Waals surface area contributed by atoms with Gasteiger partial charge in [0.1, 0.15) is 6.33 Å². The first kappa shape index (κ1) is 17.9. The van der Waals surface area contributed by atoms with E-state index in [4.69, 9.17) is 5.73 Å². The highest BCUT2D eigenvalue weighted by molar-refractivity contribution is 5.78. The molecule has 7 nitrogen and oxygen atoms in total. The molecule has 0 atom stereocenters. The minimum Gasteiger partial charge on any atom is -0.341 e. The first-order valence-corrected chi connectivity index (χ1v) is 8.63. The van der Waals surface area contributed by atoms with Crippen molar-refractivity contribution in [1.29, 1.82) is 0 Å². The molecule has 0 unspecified atom stereocenters. The molecule has 0 aliphatic rings. The number of nitrogens with one attached hydrogen (secondary N) is 3. The number of nitrogens with two attached hydrogens (primary N) is 1. The van der Waals surface area contributed by atoms with Crippen molar-refractivity contribution >= 4 is 17.1 Å². The fraction of sp³-hybridized carbons (Fsp3) is 0.263. The Morgan fingerprint density at radius 1 is 1.12 bits per heavy atom. The molecule has 0 bridgehead atoms. The second-order valence-electron chi connectivity index (χ2n) is 6.00. The van der Waals surface area contributed by atoms with Crippen LogP contribution < -0.4 is 21.7 Å². The Bertz CT molecular complexity index is 871. The van der Waals surface area contributed by atoms with Crippen molar-refractivity contribution < 1.29 is 4.79 Å². The van der Waals surface area contributed by atoms with Gasteiger partial charge >= 0.3 is 6.03 Å². The van der Waals surface area contributed by atoms with Crippen LogP contribution in [0.15, 0.2) is 48.8 Å². The van der Waals surface area contributed by atoms with Crippen LogP contribution >= 0.6 is 0 Å². The molecule has 1 aromatic heterocycles. The molecule has 2 aromatic carbocycles. The van der Waals surface area contributed by atoms with Gasteiger partial charge in [0.05, 0.1) is 11.0 Å². The molecule has 26 heavy (non-hydrogen) atoms. The van der Waals surface area contributed by atoms with E-state index in [2.05, 4.69) is 43.7 Å². The molecule has 0 fully saturated rings. The maximum atomic E-state index is 11.3. The normalized spacial score (nSPS) is 10.8. The van der Waals surface area contributed by atoms with Crippen LogP contribution in [0.2, 0.25) is 0 Å². The Balaban J connectivity index is 1.74. The number of urea groups is 1. The summed E-state index contributed by atoms with van der Waals surface area (Å²) in [7, 11) is 1.60. The number of aromatic nitrogens is 2. The number of rotatable bonds is 7. The third kappa shape index (κ3) is 4.19. The maximum absolute atomic E-state index is 11.3. The van der Waals surface area contributed by atoms with Gasteiger partial charge in [0, 0.05) is 38.9 Å². The maximum Gasteiger partial charge on any atom is 0.314 e. The summed E-state index contributed by atoms with van der Waals surface area (Å²) in [5.41, 5.74) is 10.8. The van der Waals surface area contributed by atoms with E-state index < -0.39 is 0 Å². The monoisotopic (exact) mass is 352 g/mol. The first-order valence-electron chi connectivity index (χ1n) is 8.63. The van der Waals surface area contributed by atoms with Crippen molar-refractivity contribution in [3.63, 3.8) is 0 Å². The Morgan fingerprint density at radius 3 is 2.62 bits per heavy atom. The van der Waals surface area contributed by atoms with Crippen LogP contribution in [0, 0.1) is 0 Å². The summed E-state index contributed by atoms with van der Waals surface area (Å²) in [6.45, 7) is 2.70. The topological polar surface area (TPSA) is 97.0 Å². The van der Waals surface area contributed by atoms with Crippen molar-refractivity contribution in [3.05, 3.63) is 59.9 Å². The number of fused-ring (bicyclic) bond motifs is 1. The van der Waals surface area contributed by atoms with Gasteiger partial charge in [0.15, 0.2) is 0 Å². The fourth-order valence-corrected chi connectivity index (χ4v) is 2.75. The van der Waals surface area contributed by atoms with E-state index in [1.165, 1.54) is 5.56 Å². The lowest BCUT2D eigenvalue weighted by atomic mass is 10.2. The second-order valence-corrected chi connectivity index (χ2v) is 6.00. The number of amides is 2. The zero-order valence-corrected chi connectivity index (χ0v) is 14.8. The molecule has 2 amide bonds. The Morgan fingerprint density at radius 2 is 1.88 bits per heavy atom. The first-order chi connectivity index (χ1) is 12.7. The number of imidazole rings is 1. The van der Waals surface area contributed by atoms with Gasteiger partial charge in [-0.15, -0.1) is 0 Å². The van der Waals surface area contributed by atoms with E-state index in [-0.39, 0.29) is 6.03 Å². The van der Waals surface area contributed by atoms with E-state index in [9.17, 15) is 4.79 Å². The highest BCUT2D eigenvalue weighted by atomic mass is 16.2. The Labute approximate surface area is 152 Å². The molecule has 0 radical (unpaired) electrons. The van der Waals surface area contributed by atoms with Gasteiger partial charge in [-0.3, -0.25) is 4.57 Å². The Kier molecular flexibility index (Phi) is 5.83. The molecule has 0 aliphatic heterocycles. The molecule has 1 heterocycles. The van der Waals surface area contributed by atoms with Crippen LogP contribution in [0.4, 0.5) is 4.79 Å². The van der Waals surface area contributed by atoms with Crippen LogP contribution in [0.1, 0.15) is 11.1 Å². The zero-order valence-electron chi connectivity index (χ0n) is 14.8. The largest absolute Gasteiger partial charge is 0.341 e. The van der Waals surface area contributed by atoms with Crippen LogP contribution in [0.5, 0.6) is 0 Å². The van der Waals surface area contributed by atoms with E-state index >= 15 is 0 Å². The van der Waals surface area contributed by atoms with Crippen molar-refractivity contribution in [3.8, 4) is 5.69 Å². The van der Waals surface area contributed by atoms with Gasteiger partial charge in [-0.05, 0) is 35.4 Å². The van der Waals surface area contributed by atoms with Gasteiger partial charge < -0.3 is 21.7 Å². The number of carbonyl (C=O) groups is 1. The summed E-state index contributed by atoms with van der Waals surface area (Å²) in [5.74, 6) is 0. The summed E-state index contributed by atoms with van der Waals surface area (Å²) in [4.78, 5) is 15.8. The standard InChI is InChI=1S/C19H24N6O/c1-21-19(26)23-12-14-2-5-16(6-3-14)25-13-24-17-10-15(4-7-18(17)25)11-22-9-8-20/h2-7,10,13,22H,8-9,11-12,20H2,1H3,(H2,21,23,26). The van der Waals surface area contributed by atoms with Crippen molar-refractivity contribution in [2.24, 2.45) is 5.73 Å². The molecular weight excluding hydrogens is 328 g/mol. The van der Waals surface area contributed by atoms with Crippen molar-refractivity contribution in [1.82, 2.24) is 25.5 Å². The quantitative estimate of drug-likeness (QED) is 0.485. The number of hydrogen-bond donors (Lipinski definition) is 4. The molecule has 7 heteroatoms. The minimum atomic E-state index is -0.188. The van der Waals surface area contributed by atoms with E-state index in [1.54, 1.807) is 7.05 Å². The molecule has 0 saturated carbocycles. The SMILES string of the molecule is CNC(=O)NCc1ccc(-n2cnc3cc(CNCCN)ccc32)cc1. The lowest BCUT2D eigenvalue weighted by molar-refractivity contribution is 0.242. The lowest BCUT2D eigenvalue weighted by Gasteiger charge is -2.08. The smallest absolute Gasteiger partial charge is 0.314 e. The second kappa shape index (κ2) is 8.46. The summed E-state index contributed by atoms with van der Waals surface area (Å²) in [5, 5.41) is 8.60. The average molecular weight is 352 g/mol. The van der Waals surface area contributed by atoms with Crippen molar-refractivity contribution in [2.75, 3.05) is 20.1 Å². The van der Waals surface area contributed by atoms with Crippen LogP contribution in [-0.2, 0) is 13.1 Å². The predicted molar refractivity (Wildman–Crippen MR) is 103 cm³/mol. The average Bonchev–Trinajstić information content (AvgIpc) is 3.10. The molecule has 3 aromatic rings. The fourth-order valence-electron chi connectivity index (χ4n) is 2.75. The summed E-state index contributed by atoms with van der Waals surface area (Å²) in [6.07, 6.45) is 1.83. The van der Waals surface area contributed by atoms with E-state index in [0.29, 0.717) is 13.1 Å². The minimum absolute atomic E-state index is 0.188. The van der Waals surface area contributed by atoms with Gasteiger partial charge in [0.25, 0.3) is 0 Å². The van der Waals surface area contributed by atoms with Crippen LogP contribution in [-0.4, -0.2) is 35.7 Å². The lowest BCUT2D eigenvalue weighted by Crippen LogP contribution is -2.32. The number of nitrogens with zero attached hydrogens (tertiary/aromatic N) is 2. The van der Waals surface area contributed by atoms with Gasteiger partial charge in [-0.2, -0.15) is 0 Å². The molecule has 0 aliphatic carbocycles. The third-order valence-electron chi connectivity index (χ3n) is 4.16. The Hall–Kier alpha value is -2.90. The summed E-state index contributed by atoms with van der Waals surface area (Å²) in [6, 6.07) is 14.2. The van der Waals surface area contributed by atoms with Gasteiger partial charge in [0.2, 0.25) is 0 Å². The highest BCUT2D eigenvalue weighted by Crippen LogP contribution is 2.20. The molecule has 3 rings (SSSR count). The molecule has 136 valence electrons. The highest BCUT2D eigenvalue weighted by Gasteiger charge is 2.06.